The fourth-order valence-electron chi connectivity index (χ4n) is 4.00. The largest absolute Gasteiger partial charge is 0.496 e. The van der Waals surface area contributed by atoms with Gasteiger partial charge in [-0.05, 0) is 37.8 Å². The number of amides is 1. The zero-order valence-electron chi connectivity index (χ0n) is 17.7. The first-order valence-electron chi connectivity index (χ1n) is 10.3. The number of rotatable bonds is 6. The Kier molecular flexibility index (Phi) is 5.62. The summed E-state index contributed by atoms with van der Waals surface area (Å²) in [6, 6.07) is 11.0. The molecule has 1 atom stereocenters. The van der Waals surface area contributed by atoms with Gasteiger partial charge in [0.2, 0.25) is 11.9 Å². The molecule has 32 heavy (non-hydrogen) atoms. The predicted molar refractivity (Wildman–Crippen MR) is 113 cm³/mol. The summed E-state index contributed by atoms with van der Waals surface area (Å²) < 4.78 is 47.2. The molecule has 1 aliphatic carbocycles. The van der Waals surface area contributed by atoms with E-state index < -0.39 is 23.2 Å². The van der Waals surface area contributed by atoms with Crippen molar-refractivity contribution in [2.45, 2.75) is 50.4 Å². The molecule has 4 rings (SSSR count). The molecule has 0 radical (unpaired) electrons. The number of methoxy groups -OCH3 is 1. The number of hydrogen-bond donors (Lipinski definition) is 2. The van der Waals surface area contributed by atoms with Crippen LogP contribution in [-0.2, 0) is 16.6 Å². The standard InChI is InChI=1S/C23H24F3N3O3/c1-22(31,14-7-4-3-5-8-14)13-20(30)28-21-27-17-12-19(32-2)16(23(24,25)26)11-18(17)29(21)15-9-6-10-15/h3-5,7-8,11-12,15,31H,6,9-10,13H2,1-2H3,(H,27,28,30)/t22-/m0/s1. The number of halogens is 3. The van der Waals surface area contributed by atoms with E-state index in [1.165, 1.54) is 20.1 Å². The summed E-state index contributed by atoms with van der Waals surface area (Å²) in [6.07, 6.45) is -2.32. The van der Waals surface area contributed by atoms with Gasteiger partial charge in [-0.15, -0.1) is 0 Å². The summed E-state index contributed by atoms with van der Waals surface area (Å²) in [5.74, 6) is -0.647. The van der Waals surface area contributed by atoms with Crippen LogP contribution in [0.2, 0.25) is 0 Å². The van der Waals surface area contributed by atoms with Gasteiger partial charge in [0.15, 0.2) is 0 Å². The third-order valence-electron chi connectivity index (χ3n) is 5.91. The summed E-state index contributed by atoms with van der Waals surface area (Å²) in [7, 11) is 1.17. The van der Waals surface area contributed by atoms with Crippen LogP contribution in [0.4, 0.5) is 19.1 Å². The number of benzene rings is 2. The van der Waals surface area contributed by atoms with Crippen molar-refractivity contribution < 1.29 is 27.8 Å². The monoisotopic (exact) mass is 447 g/mol. The maximum absolute atomic E-state index is 13.5. The van der Waals surface area contributed by atoms with Crippen molar-refractivity contribution in [2.24, 2.45) is 0 Å². The van der Waals surface area contributed by atoms with E-state index >= 15 is 0 Å². The Morgan fingerprint density at radius 2 is 1.94 bits per heavy atom. The van der Waals surface area contributed by atoms with Crippen molar-refractivity contribution in [1.29, 1.82) is 0 Å². The summed E-state index contributed by atoms with van der Waals surface area (Å²) in [5.41, 5.74) is -1.13. The van der Waals surface area contributed by atoms with Gasteiger partial charge in [-0.3, -0.25) is 10.1 Å². The molecule has 1 aliphatic rings. The molecule has 1 fully saturated rings. The van der Waals surface area contributed by atoms with E-state index in [-0.39, 0.29) is 29.7 Å². The Labute approximate surface area is 183 Å². The van der Waals surface area contributed by atoms with E-state index in [1.807, 2.05) is 6.07 Å². The summed E-state index contributed by atoms with van der Waals surface area (Å²) >= 11 is 0. The zero-order chi connectivity index (χ0) is 23.1. The number of nitrogens with zero attached hydrogens (tertiary/aromatic N) is 2. The maximum Gasteiger partial charge on any atom is 0.420 e. The highest BCUT2D eigenvalue weighted by molar-refractivity contribution is 5.92. The number of alkyl halides is 3. The fraction of sp³-hybridized carbons (Fsp3) is 0.391. The van der Waals surface area contributed by atoms with Crippen molar-refractivity contribution >= 4 is 22.9 Å². The molecule has 0 spiro atoms. The van der Waals surface area contributed by atoms with Gasteiger partial charge in [-0.25, -0.2) is 4.98 Å². The second-order valence-corrected chi connectivity index (χ2v) is 8.29. The average Bonchev–Trinajstić information content (AvgIpc) is 3.02. The molecule has 0 bridgehead atoms. The van der Waals surface area contributed by atoms with Gasteiger partial charge in [-0.1, -0.05) is 30.3 Å². The van der Waals surface area contributed by atoms with E-state index in [9.17, 15) is 23.1 Å². The number of imidazole rings is 1. The number of carbonyl (C=O) groups excluding carboxylic acids is 1. The molecule has 0 unspecified atom stereocenters. The number of nitrogens with one attached hydrogen (secondary N) is 1. The Hall–Kier alpha value is -3.07. The fourth-order valence-corrected chi connectivity index (χ4v) is 4.00. The molecule has 2 N–H and O–H groups in total. The van der Waals surface area contributed by atoms with Crippen LogP contribution in [-0.4, -0.2) is 27.7 Å². The molecule has 1 heterocycles. The minimum absolute atomic E-state index is 0.0561. The molecule has 9 heteroatoms. The van der Waals surface area contributed by atoms with Crippen molar-refractivity contribution in [2.75, 3.05) is 12.4 Å². The number of hydrogen-bond acceptors (Lipinski definition) is 4. The van der Waals surface area contributed by atoms with Gasteiger partial charge in [-0.2, -0.15) is 13.2 Å². The highest BCUT2D eigenvalue weighted by atomic mass is 19.4. The van der Waals surface area contributed by atoms with E-state index in [0.717, 1.165) is 25.3 Å². The number of anilines is 1. The second kappa shape index (κ2) is 8.12. The highest BCUT2D eigenvalue weighted by Crippen LogP contribution is 2.42. The van der Waals surface area contributed by atoms with Crippen molar-refractivity contribution in [3.8, 4) is 5.75 Å². The molecule has 2 aromatic carbocycles. The van der Waals surface area contributed by atoms with Gasteiger partial charge in [0.25, 0.3) is 0 Å². The minimum atomic E-state index is -4.59. The van der Waals surface area contributed by atoms with E-state index in [4.69, 9.17) is 4.74 Å². The molecule has 1 amide bonds. The van der Waals surface area contributed by atoms with Crippen molar-refractivity contribution in [3.63, 3.8) is 0 Å². The van der Waals surface area contributed by atoms with Crippen LogP contribution in [0, 0.1) is 0 Å². The highest BCUT2D eigenvalue weighted by Gasteiger charge is 2.36. The number of aliphatic hydroxyl groups is 1. The van der Waals surface area contributed by atoms with E-state index in [0.29, 0.717) is 11.1 Å². The Balaban J connectivity index is 1.69. The Morgan fingerprint density at radius 3 is 2.50 bits per heavy atom. The molecule has 170 valence electrons. The van der Waals surface area contributed by atoms with Crippen LogP contribution >= 0.6 is 0 Å². The number of ether oxygens (including phenoxy) is 1. The lowest BCUT2D eigenvalue weighted by Crippen LogP contribution is -2.30. The summed E-state index contributed by atoms with van der Waals surface area (Å²) in [6.45, 7) is 1.54. The molecular formula is C23H24F3N3O3. The van der Waals surface area contributed by atoms with E-state index in [1.54, 1.807) is 28.8 Å². The third kappa shape index (κ3) is 4.17. The average molecular weight is 447 g/mol. The van der Waals surface area contributed by atoms with Crippen LogP contribution in [0.5, 0.6) is 5.75 Å². The SMILES string of the molecule is COc1cc2nc(NC(=O)C[C@](C)(O)c3ccccc3)n(C3CCC3)c2cc1C(F)(F)F. The van der Waals surface area contributed by atoms with Crippen molar-refractivity contribution in [1.82, 2.24) is 9.55 Å². The quantitative estimate of drug-likeness (QED) is 0.556. The normalized spacial score (nSPS) is 16.4. The first-order chi connectivity index (χ1) is 15.1. The van der Waals surface area contributed by atoms with Crippen LogP contribution in [0.3, 0.4) is 0 Å². The molecule has 3 aromatic rings. The number of fused-ring (bicyclic) bond motifs is 1. The summed E-state index contributed by atoms with van der Waals surface area (Å²) in [5, 5.41) is 13.5. The molecule has 6 nitrogen and oxygen atoms in total. The Morgan fingerprint density at radius 1 is 1.25 bits per heavy atom. The van der Waals surface area contributed by atoms with Gasteiger partial charge < -0.3 is 14.4 Å². The first-order valence-corrected chi connectivity index (χ1v) is 10.3. The topological polar surface area (TPSA) is 76.4 Å². The van der Waals surface area contributed by atoms with E-state index in [2.05, 4.69) is 10.3 Å². The Bertz CT molecular complexity index is 1140. The molecule has 0 aliphatic heterocycles. The lowest BCUT2D eigenvalue weighted by Gasteiger charge is -2.29. The maximum atomic E-state index is 13.5. The van der Waals surface area contributed by atoms with Crippen LogP contribution in [0.25, 0.3) is 11.0 Å². The molecule has 0 saturated heterocycles. The van der Waals surface area contributed by atoms with Gasteiger partial charge in [0.1, 0.15) is 5.75 Å². The van der Waals surface area contributed by atoms with Crippen LogP contribution in [0.15, 0.2) is 42.5 Å². The van der Waals surface area contributed by atoms with Gasteiger partial charge >= 0.3 is 6.18 Å². The number of carbonyl (C=O) groups is 1. The zero-order valence-corrected chi connectivity index (χ0v) is 17.7. The molecule has 1 saturated carbocycles. The summed E-state index contributed by atoms with van der Waals surface area (Å²) in [4.78, 5) is 17.2. The van der Waals surface area contributed by atoms with Gasteiger partial charge in [0, 0.05) is 12.1 Å². The minimum Gasteiger partial charge on any atom is -0.496 e. The van der Waals surface area contributed by atoms with Crippen molar-refractivity contribution in [3.05, 3.63) is 53.6 Å². The first kappa shape index (κ1) is 22.1. The number of aromatic nitrogens is 2. The van der Waals surface area contributed by atoms with Crippen LogP contribution in [0.1, 0.15) is 49.8 Å². The predicted octanol–water partition coefficient (Wildman–Crippen LogP) is 5.03. The molecular weight excluding hydrogens is 423 g/mol. The smallest absolute Gasteiger partial charge is 0.420 e. The second-order valence-electron chi connectivity index (χ2n) is 8.29. The lowest BCUT2D eigenvalue weighted by molar-refractivity contribution is -0.138. The van der Waals surface area contributed by atoms with Gasteiger partial charge in [0.05, 0.1) is 35.7 Å². The lowest BCUT2D eigenvalue weighted by atomic mass is 9.92. The van der Waals surface area contributed by atoms with Crippen LogP contribution < -0.4 is 10.1 Å². The molecule has 1 aromatic heterocycles. The third-order valence-corrected chi connectivity index (χ3v) is 5.91.